The number of piperidine rings is 1. The highest BCUT2D eigenvalue weighted by atomic mass is 79.9. The van der Waals surface area contributed by atoms with E-state index in [0.717, 1.165) is 17.7 Å². The van der Waals surface area contributed by atoms with Gasteiger partial charge in [-0.05, 0) is 63.1 Å². The summed E-state index contributed by atoms with van der Waals surface area (Å²) in [6.45, 7) is 5.98. The number of ether oxygens (including phenoxy) is 1. The fraction of sp³-hybridized carbons (Fsp3) is 0.440. The van der Waals surface area contributed by atoms with Gasteiger partial charge in [0.25, 0.3) is 5.91 Å². The van der Waals surface area contributed by atoms with Crippen LogP contribution in [0.15, 0.2) is 46.9 Å². The summed E-state index contributed by atoms with van der Waals surface area (Å²) in [5, 5.41) is 0.545. The molecule has 2 atom stereocenters. The first-order chi connectivity index (χ1) is 16.2. The number of carbonyl (C=O) groups excluding carboxylic acids is 2. The largest absolute Gasteiger partial charge is 0.444 e. The first-order valence-electron chi connectivity index (χ1n) is 11.0. The molecule has 0 radical (unpaired) electrons. The van der Waals surface area contributed by atoms with Crippen LogP contribution in [0.5, 0.6) is 0 Å². The van der Waals surface area contributed by atoms with E-state index in [4.69, 9.17) is 16.3 Å². The number of hydrogen-bond donors (Lipinski definition) is 0. The molecule has 0 aliphatic carbocycles. The Labute approximate surface area is 216 Å². The van der Waals surface area contributed by atoms with Gasteiger partial charge in [-0.15, -0.1) is 0 Å². The summed E-state index contributed by atoms with van der Waals surface area (Å²) in [7, 11) is 1.58. The lowest BCUT2D eigenvalue weighted by Gasteiger charge is -2.43. The van der Waals surface area contributed by atoms with Gasteiger partial charge < -0.3 is 14.5 Å². The first-order valence-corrected chi connectivity index (χ1v) is 12.2. The van der Waals surface area contributed by atoms with E-state index in [1.54, 1.807) is 44.9 Å². The number of likely N-dealkylation sites (N-methyl/N-ethyl adjacent to an activating group) is 1. The summed E-state index contributed by atoms with van der Waals surface area (Å²) in [5.74, 6) is -0.830. The Morgan fingerprint density at radius 1 is 1.11 bits per heavy atom. The van der Waals surface area contributed by atoms with Gasteiger partial charge in [0.1, 0.15) is 5.60 Å². The van der Waals surface area contributed by atoms with Crippen molar-refractivity contribution in [3.05, 3.63) is 68.7 Å². The number of carbonyl (C=O) groups is 2. The molecule has 1 aliphatic rings. The minimum Gasteiger partial charge on any atom is -0.444 e. The van der Waals surface area contributed by atoms with Crippen LogP contribution in [0, 0.1) is 0 Å². The predicted molar refractivity (Wildman–Crippen MR) is 132 cm³/mol. The predicted octanol–water partition coefficient (Wildman–Crippen LogP) is 6.99. The van der Waals surface area contributed by atoms with E-state index < -0.39 is 29.3 Å². The van der Waals surface area contributed by atoms with Crippen molar-refractivity contribution in [1.29, 1.82) is 0 Å². The minimum atomic E-state index is -4.58. The van der Waals surface area contributed by atoms with Crippen molar-refractivity contribution in [2.45, 2.75) is 50.9 Å². The van der Waals surface area contributed by atoms with Crippen molar-refractivity contribution in [2.24, 2.45) is 0 Å². The van der Waals surface area contributed by atoms with Gasteiger partial charge in [-0.2, -0.15) is 13.2 Å². The van der Waals surface area contributed by atoms with Crippen LogP contribution in [0.4, 0.5) is 18.0 Å². The number of nitrogens with zero attached hydrogens (tertiary/aromatic N) is 2. The zero-order valence-electron chi connectivity index (χ0n) is 19.8. The Morgan fingerprint density at radius 2 is 1.74 bits per heavy atom. The van der Waals surface area contributed by atoms with Gasteiger partial charge in [0.05, 0.1) is 5.56 Å². The Balaban J connectivity index is 1.91. The fourth-order valence-electron chi connectivity index (χ4n) is 4.16. The van der Waals surface area contributed by atoms with Gasteiger partial charge in [-0.25, -0.2) is 4.79 Å². The zero-order chi connectivity index (χ0) is 26.1. The molecule has 35 heavy (non-hydrogen) atoms. The SMILES string of the molecule is CN(C(=O)c1cc(Br)cc(C(F)(F)F)c1)[C@@H]1CCN(C(=O)OC(C)(C)C)C[C@H]1c1ccc(Cl)cc1. The maximum Gasteiger partial charge on any atom is 0.416 e. The highest BCUT2D eigenvalue weighted by Crippen LogP contribution is 2.35. The average molecular weight is 576 g/mol. The average Bonchev–Trinajstić information content (AvgIpc) is 2.76. The maximum absolute atomic E-state index is 13.3. The maximum atomic E-state index is 13.3. The van der Waals surface area contributed by atoms with Gasteiger partial charge in [-0.3, -0.25) is 4.79 Å². The molecule has 5 nitrogen and oxygen atoms in total. The van der Waals surface area contributed by atoms with E-state index in [-0.39, 0.29) is 28.5 Å². The summed E-state index contributed by atoms with van der Waals surface area (Å²) >= 11 is 9.13. The lowest BCUT2D eigenvalue weighted by Crippen LogP contribution is -2.52. The van der Waals surface area contributed by atoms with E-state index >= 15 is 0 Å². The van der Waals surface area contributed by atoms with Crippen molar-refractivity contribution in [2.75, 3.05) is 20.1 Å². The lowest BCUT2D eigenvalue weighted by atomic mass is 9.85. The Hall–Kier alpha value is -2.26. The molecule has 0 unspecified atom stereocenters. The number of amides is 2. The van der Waals surface area contributed by atoms with Crippen molar-refractivity contribution < 1.29 is 27.5 Å². The molecule has 2 aromatic rings. The highest BCUT2D eigenvalue weighted by molar-refractivity contribution is 9.10. The van der Waals surface area contributed by atoms with Gasteiger partial charge in [-0.1, -0.05) is 39.7 Å². The van der Waals surface area contributed by atoms with Gasteiger partial charge >= 0.3 is 12.3 Å². The third-order valence-electron chi connectivity index (χ3n) is 5.82. The van der Waals surface area contributed by atoms with Crippen molar-refractivity contribution in [3.63, 3.8) is 0 Å². The minimum absolute atomic E-state index is 0.0707. The number of benzene rings is 2. The Kier molecular flexibility index (Phi) is 8.11. The lowest BCUT2D eigenvalue weighted by molar-refractivity contribution is -0.137. The third kappa shape index (κ3) is 6.91. The molecule has 2 aromatic carbocycles. The number of hydrogen-bond acceptors (Lipinski definition) is 3. The molecule has 3 rings (SSSR count). The molecule has 0 aromatic heterocycles. The van der Waals surface area contributed by atoms with Crippen LogP contribution in [-0.2, 0) is 10.9 Å². The standard InChI is InChI=1S/C25H27BrClF3N2O3/c1-24(2,3)35-23(34)32-10-9-21(20(14-32)15-5-7-19(27)8-6-15)31(4)22(33)16-11-17(25(28,29)30)13-18(26)12-16/h5-8,11-13,20-21H,9-10,14H2,1-4H3/t20-,21+/m0/s1. The highest BCUT2D eigenvalue weighted by Gasteiger charge is 2.38. The monoisotopic (exact) mass is 574 g/mol. The molecular weight excluding hydrogens is 549 g/mol. The first kappa shape index (κ1) is 27.3. The molecule has 0 bridgehead atoms. The molecule has 10 heteroatoms. The summed E-state index contributed by atoms with van der Waals surface area (Å²) < 4.78 is 45.6. The number of rotatable bonds is 3. The molecule has 1 aliphatic heterocycles. The van der Waals surface area contributed by atoms with Crippen LogP contribution in [0.25, 0.3) is 0 Å². The Morgan fingerprint density at radius 3 is 2.31 bits per heavy atom. The van der Waals surface area contributed by atoms with Gasteiger partial charge in [0, 0.05) is 47.2 Å². The van der Waals surface area contributed by atoms with E-state index in [9.17, 15) is 22.8 Å². The quantitative estimate of drug-likeness (QED) is 0.397. The Bertz CT molecular complexity index is 1090. The van der Waals surface area contributed by atoms with E-state index in [1.807, 2.05) is 12.1 Å². The van der Waals surface area contributed by atoms with Crippen molar-refractivity contribution >= 4 is 39.5 Å². The van der Waals surface area contributed by atoms with Crippen LogP contribution < -0.4 is 0 Å². The molecule has 0 spiro atoms. The molecule has 1 fully saturated rings. The van der Waals surface area contributed by atoms with Crippen LogP contribution in [-0.4, -0.2) is 53.6 Å². The molecule has 190 valence electrons. The number of alkyl halides is 3. The topological polar surface area (TPSA) is 49.9 Å². The summed E-state index contributed by atoms with van der Waals surface area (Å²) in [5.41, 5.74) is -0.776. The van der Waals surface area contributed by atoms with E-state index in [1.165, 1.54) is 11.0 Å². The molecular formula is C25H27BrClF3N2O3. The van der Waals surface area contributed by atoms with Gasteiger partial charge in [0.15, 0.2) is 0 Å². The smallest absolute Gasteiger partial charge is 0.416 e. The van der Waals surface area contributed by atoms with Crippen molar-refractivity contribution in [1.82, 2.24) is 9.80 Å². The van der Waals surface area contributed by atoms with Crippen LogP contribution in [0.1, 0.15) is 54.6 Å². The molecule has 1 heterocycles. The summed E-state index contributed by atoms with van der Waals surface area (Å²) in [4.78, 5) is 29.1. The second-order valence-corrected chi connectivity index (χ2v) is 10.9. The normalized spacial score (nSPS) is 18.8. The van der Waals surface area contributed by atoms with Crippen LogP contribution in [0.3, 0.4) is 0 Å². The van der Waals surface area contributed by atoms with E-state index in [0.29, 0.717) is 18.0 Å². The second-order valence-electron chi connectivity index (χ2n) is 9.58. The molecule has 1 saturated heterocycles. The van der Waals surface area contributed by atoms with Crippen molar-refractivity contribution in [3.8, 4) is 0 Å². The molecule has 2 amide bonds. The number of likely N-dealkylation sites (tertiary alicyclic amines) is 1. The molecule has 0 N–H and O–H groups in total. The number of halogens is 5. The van der Waals surface area contributed by atoms with E-state index in [2.05, 4.69) is 15.9 Å². The molecule has 0 saturated carbocycles. The summed E-state index contributed by atoms with van der Waals surface area (Å²) in [6, 6.07) is 9.92. The zero-order valence-corrected chi connectivity index (χ0v) is 22.2. The van der Waals surface area contributed by atoms with Crippen LogP contribution in [0.2, 0.25) is 5.02 Å². The fourth-order valence-corrected chi connectivity index (χ4v) is 4.78. The summed E-state index contributed by atoms with van der Waals surface area (Å²) in [6.07, 6.45) is -4.61. The second kappa shape index (κ2) is 10.4. The van der Waals surface area contributed by atoms with Crippen LogP contribution >= 0.6 is 27.5 Å². The third-order valence-corrected chi connectivity index (χ3v) is 6.53. The van der Waals surface area contributed by atoms with Gasteiger partial charge in [0.2, 0.25) is 0 Å².